The molecule has 2 amide bonds. The van der Waals surface area contributed by atoms with Crippen molar-refractivity contribution in [3.63, 3.8) is 0 Å². The first-order valence-electron chi connectivity index (χ1n) is 7.15. The number of nitrogens with zero attached hydrogens (tertiary/aromatic N) is 1. The van der Waals surface area contributed by atoms with Crippen molar-refractivity contribution < 1.29 is 9.59 Å². The Labute approximate surface area is 125 Å². The molecule has 0 bridgehead atoms. The predicted molar refractivity (Wildman–Crippen MR) is 81.1 cm³/mol. The average Bonchev–Trinajstić information content (AvgIpc) is 2.48. The van der Waals surface area contributed by atoms with Crippen LogP contribution in [0.3, 0.4) is 0 Å². The van der Waals surface area contributed by atoms with Crippen molar-refractivity contribution in [2.75, 3.05) is 6.54 Å². The second-order valence-corrected chi connectivity index (χ2v) is 5.53. The summed E-state index contributed by atoms with van der Waals surface area (Å²) in [4.78, 5) is 26.7. The maximum absolute atomic E-state index is 12.7. The van der Waals surface area contributed by atoms with Crippen molar-refractivity contribution >= 4 is 11.8 Å². The van der Waals surface area contributed by atoms with Gasteiger partial charge in [-0.1, -0.05) is 44.2 Å². The molecule has 4 heteroatoms. The molecule has 1 aliphatic rings. The van der Waals surface area contributed by atoms with Gasteiger partial charge in [-0.05, 0) is 11.5 Å². The zero-order chi connectivity index (χ0) is 15.4. The smallest absolute Gasteiger partial charge is 0.250 e. The zero-order valence-corrected chi connectivity index (χ0v) is 12.4. The largest absolute Gasteiger partial charge is 0.339 e. The van der Waals surface area contributed by atoms with E-state index < -0.39 is 12.1 Å². The summed E-state index contributed by atoms with van der Waals surface area (Å²) in [5.74, 6) is 2.38. The number of rotatable bonds is 4. The van der Waals surface area contributed by atoms with E-state index in [0.29, 0.717) is 13.0 Å². The molecule has 2 unspecified atom stereocenters. The third kappa shape index (κ3) is 3.08. The van der Waals surface area contributed by atoms with Crippen LogP contribution in [0.1, 0.15) is 31.9 Å². The highest BCUT2D eigenvalue weighted by atomic mass is 16.2. The molecule has 0 aromatic heterocycles. The molecule has 1 saturated heterocycles. The summed E-state index contributed by atoms with van der Waals surface area (Å²) in [6.07, 6.45) is 5.75. The summed E-state index contributed by atoms with van der Waals surface area (Å²) in [6.45, 7) is 4.28. The highest BCUT2D eigenvalue weighted by Crippen LogP contribution is 2.25. The molecule has 1 aliphatic heterocycles. The molecule has 110 valence electrons. The first-order chi connectivity index (χ1) is 10.1. The van der Waals surface area contributed by atoms with Gasteiger partial charge in [0.1, 0.15) is 12.1 Å². The van der Waals surface area contributed by atoms with Crippen LogP contribution in [0.5, 0.6) is 0 Å². The molecule has 1 aromatic rings. The van der Waals surface area contributed by atoms with Crippen LogP contribution < -0.4 is 5.32 Å². The number of piperazine rings is 1. The van der Waals surface area contributed by atoms with Crippen molar-refractivity contribution in [2.45, 2.75) is 32.4 Å². The van der Waals surface area contributed by atoms with Gasteiger partial charge in [-0.15, -0.1) is 12.3 Å². The number of amides is 2. The lowest BCUT2D eigenvalue weighted by Gasteiger charge is -2.40. The Morgan fingerprint density at radius 1 is 1.29 bits per heavy atom. The molecule has 0 aliphatic carbocycles. The highest BCUT2D eigenvalue weighted by molar-refractivity contribution is 5.97. The summed E-state index contributed by atoms with van der Waals surface area (Å²) < 4.78 is 0. The Morgan fingerprint density at radius 2 is 1.95 bits per heavy atom. The van der Waals surface area contributed by atoms with Gasteiger partial charge in [0.2, 0.25) is 5.91 Å². The number of hydrogen-bond donors (Lipinski definition) is 1. The Hall–Kier alpha value is -2.28. The van der Waals surface area contributed by atoms with Crippen LogP contribution in [0, 0.1) is 18.3 Å². The molecule has 0 radical (unpaired) electrons. The first-order valence-corrected chi connectivity index (χ1v) is 7.15. The molecule has 0 spiro atoms. The number of carbonyl (C=O) groups excluding carboxylic acids is 2. The normalized spacial score (nSPS) is 22.1. The Morgan fingerprint density at radius 3 is 2.52 bits per heavy atom. The molecule has 1 aromatic carbocycles. The summed E-state index contributed by atoms with van der Waals surface area (Å²) >= 11 is 0. The minimum Gasteiger partial charge on any atom is -0.339 e. The van der Waals surface area contributed by atoms with Crippen molar-refractivity contribution in [1.82, 2.24) is 10.2 Å². The van der Waals surface area contributed by atoms with Gasteiger partial charge in [0.25, 0.3) is 5.91 Å². The molecule has 0 saturated carbocycles. The topological polar surface area (TPSA) is 49.4 Å². The van der Waals surface area contributed by atoms with Crippen molar-refractivity contribution in [2.24, 2.45) is 5.92 Å². The van der Waals surface area contributed by atoms with E-state index in [4.69, 9.17) is 6.42 Å². The molecule has 2 rings (SSSR count). The molecular weight excluding hydrogens is 264 g/mol. The molecule has 1 N–H and O–H groups in total. The number of hydrogen-bond acceptors (Lipinski definition) is 2. The number of carbonyl (C=O) groups is 2. The van der Waals surface area contributed by atoms with Gasteiger partial charge >= 0.3 is 0 Å². The average molecular weight is 284 g/mol. The molecule has 4 nitrogen and oxygen atoms in total. The second kappa shape index (κ2) is 6.45. The van der Waals surface area contributed by atoms with Crippen LogP contribution in [0.4, 0.5) is 0 Å². The maximum atomic E-state index is 12.7. The lowest BCUT2D eigenvalue weighted by atomic mass is 9.94. The monoisotopic (exact) mass is 284 g/mol. The van der Waals surface area contributed by atoms with E-state index in [-0.39, 0.29) is 17.7 Å². The number of nitrogens with one attached hydrogen (secondary N) is 1. The Bertz CT molecular complexity index is 560. The summed E-state index contributed by atoms with van der Waals surface area (Å²) in [5.41, 5.74) is 0.795. The molecule has 2 atom stereocenters. The fourth-order valence-corrected chi connectivity index (χ4v) is 2.70. The van der Waals surface area contributed by atoms with Crippen LogP contribution in [0.2, 0.25) is 0 Å². The van der Waals surface area contributed by atoms with Crippen molar-refractivity contribution in [1.29, 1.82) is 0 Å². The summed E-state index contributed by atoms with van der Waals surface area (Å²) in [7, 11) is 0. The zero-order valence-electron chi connectivity index (χ0n) is 12.4. The van der Waals surface area contributed by atoms with Crippen LogP contribution in [0.25, 0.3) is 0 Å². The molecule has 21 heavy (non-hydrogen) atoms. The van der Waals surface area contributed by atoms with E-state index in [1.807, 2.05) is 44.2 Å². The van der Waals surface area contributed by atoms with E-state index in [9.17, 15) is 9.59 Å². The second-order valence-electron chi connectivity index (χ2n) is 5.53. The molecule has 1 fully saturated rings. The number of benzene rings is 1. The first kappa shape index (κ1) is 15.1. The fourth-order valence-electron chi connectivity index (χ4n) is 2.70. The van der Waals surface area contributed by atoms with Crippen LogP contribution in [-0.2, 0) is 9.59 Å². The van der Waals surface area contributed by atoms with E-state index in [2.05, 4.69) is 11.2 Å². The standard InChI is InChI=1S/C17H20N2O2/c1-4-5-11-19-15(12(2)3)16(20)18-14(17(19)21)13-9-7-6-8-10-13/h1,6-10,12,14-15H,5,11H2,2-3H3,(H,18,20). The van der Waals surface area contributed by atoms with Crippen LogP contribution in [-0.4, -0.2) is 29.3 Å². The van der Waals surface area contributed by atoms with E-state index in [1.54, 1.807) is 4.90 Å². The summed E-state index contributed by atoms with van der Waals surface area (Å²) in [6, 6.07) is 8.21. The van der Waals surface area contributed by atoms with E-state index in [1.165, 1.54) is 0 Å². The number of terminal acetylenes is 1. The van der Waals surface area contributed by atoms with Gasteiger partial charge < -0.3 is 10.2 Å². The Kier molecular flexibility index (Phi) is 4.64. The predicted octanol–water partition coefficient (Wildman–Crippen LogP) is 1.73. The van der Waals surface area contributed by atoms with Gasteiger partial charge in [0.05, 0.1) is 0 Å². The van der Waals surface area contributed by atoms with Gasteiger partial charge in [-0.25, -0.2) is 0 Å². The lowest BCUT2D eigenvalue weighted by Crippen LogP contribution is -2.61. The molecular formula is C17H20N2O2. The third-order valence-corrected chi connectivity index (χ3v) is 3.68. The third-order valence-electron chi connectivity index (χ3n) is 3.68. The van der Waals surface area contributed by atoms with Gasteiger partial charge in [0, 0.05) is 13.0 Å². The summed E-state index contributed by atoms with van der Waals surface area (Å²) in [5, 5.41) is 2.84. The van der Waals surface area contributed by atoms with Crippen molar-refractivity contribution in [3.05, 3.63) is 35.9 Å². The van der Waals surface area contributed by atoms with Gasteiger partial charge in [0.15, 0.2) is 0 Å². The minimum atomic E-state index is -0.619. The Balaban J connectivity index is 2.31. The fraction of sp³-hybridized carbons (Fsp3) is 0.412. The minimum absolute atomic E-state index is 0.0449. The lowest BCUT2D eigenvalue weighted by molar-refractivity contribution is -0.151. The van der Waals surface area contributed by atoms with E-state index >= 15 is 0 Å². The SMILES string of the molecule is C#CCCN1C(=O)C(c2ccccc2)NC(=O)C1C(C)C. The van der Waals surface area contributed by atoms with Crippen LogP contribution >= 0.6 is 0 Å². The van der Waals surface area contributed by atoms with Crippen molar-refractivity contribution in [3.8, 4) is 12.3 Å². The van der Waals surface area contributed by atoms with Crippen LogP contribution in [0.15, 0.2) is 30.3 Å². The maximum Gasteiger partial charge on any atom is 0.250 e. The molecule has 1 heterocycles. The highest BCUT2D eigenvalue weighted by Gasteiger charge is 2.42. The van der Waals surface area contributed by atoms with E-state index in [0.717, 1.165) is 5.56 Å². The van der Waals surface area contributed by atoms with Gasteiger partial charge in [-0.3, -0.25) is 9.59 Å². The van der Waals surface area contributed by atoms with Gasteiger partial charge in [-0.2, -0.15) is 0 Å². The quantitative estimate of drug-likeness (QED) is 0.856.